The van der Waals surface area contributed by atoms with Crippen molar-refractivity contribution in [2.24, 2.45) is 11.8 Å². The molecule has 0 spiro atoms. The lowest BCUT2D eigenvalue weighted by atomic mass is 9.79. The van der Waals surface area contributed by atoms with Crippen LogP contribution >= 0.6 is 11.6 Å². The number of amides is 2. The summed E-state index contributed by atoms with van der Waals surface area (Å²) in [5.41, 5.74) is 4.91. The molecule has 2 N–H and O–H groups in total. The van der Waals surface area contributed by atoms with Crippen molar-refractivity contribution in [3.63, 3.8) is 0 Å². The van der Waals surface area contributed by atoms with Crippen LogP contribution in [0.4, 0.5) is 0 Å². The highest BCUT2D eigenvalue weighted by Crippen LogP contribution is 2.29. The molecular weight excluding hydrogens is 308 g/mol. The van der Waals surface area contributed by atoms with Crippen molar-refractivity contribution >= 4 is 29.4 Å². The predicted octanol–water partition coefficient (Wildman–Crippen LogP) is 0.657. The van der Waals surface area contributed by atoms with Gasteiger partial charge in [-0.05, 0) is 37.1 Å². The van der Waals surface area contributed by atoms with E-state index in [0.29, 0.717) is 23.4 Å². The number of rotatable bonds is 3. The molecule has 0 radical (unpaired) electrons. The maximum Gasteiger partial charge on any atom is 0.269 e. The van der Waals surface area contributed by atoms with E-state index in [0.717, 1.165) is 12.8 Å². The second-order valence-electron chi connectivity index (χ2n) is 5.27. The minimum atomic E-state index is -1.22. The van der Waals surface area contributed by atoms with Gasteiger partial charge in [0.2, 0.25) is 5.91 Å². The van der Waals surface area contributed by atoms with Crippen molar-refractivity contribution in [3.8, 4) is 0 Å². The average molecular weight is 324 g/mol. The Morgan fingerprint density at radius 1 is 1.00 bits per heavy atom. The Bertz CT molecular complexity index is 573. The van der Waals surface area contributed by atoms with Crippen LogP contribution in [0.3, 0.4) is 0 Å². The molecule has 22 heavy (non-hydrogen) atoms. The summed E-state index contributed by atoms with van der Waals surface area (Å²) in [6.45, 7) is 0. The number of hydrazine groups is 1. The summed E-state index contributed by atoms with van der Waals surface area (Å²) in [6.07, 6.45) is 2.44. The molecule has 2 unspecified atom stereocenters. The van der Waals surface area contributed by atoms with E-state index in [9.17, 15) is 19.5 Å². The molecule has 1 aromatic rings. The molecule has 118 valence electrons. The summed E-state index contributed by atoms with van der Waals surface area (Å²) in [4.78, 5) is 35.0. The summed E-state index contributed by atoms with van der Waals surface area (Å²) in [5.74, 6) is -3.70. The summed E-state index contributed by atoms with van der Waals surface area (Å²) < 4.78 is 0. The maximum atomic E-state index is 12.1. The molecule has 1 fully saturated rings. The van der Waals surface area contributed by atoms with Gasteiger partial charge in [0.15, 0.2) is 0 Å². The Labute approximate surface area is 132 Å². The number of nitrogens with one attached hydrogen (secondary N) is 2. The first-order valence-electron chi connectivity index (χ1n) is 7.05. The molecule has 0 saturated heterocycles. The second kappa shape index (κ2) is 7.26. The van der Waals surface area contributed by atoms with Crippen molar-refractivity contribution in [2.75, 3.05) is 0 Å². The van der Waals surface area contributed by atoms with Gasteiger partial charge in [-0.1, -0.05) is 24.4 Å². The van der Waals surface area contributed by atoms with Crippen LogP contribution in [0.2, 0.25) is 5.02 Å². The van der Waals surface area contributed by atoms with Crippen molar-refractivity contribution in [1.29, 1.82) is 0 Å². The van der Waals surface area contributed by atoms with Gasteiger partial charge in [0.05, 0.1) is 0 Å². The van der Waals surface area contributed by atoms with Crippen LogP contribution in [0.5, 0.6) is 0 Å². The van der Waals surface area contributed by atoms with Crippen LogP contribution < -0.4 is 16.0 Å². The lowest BCUT2D eigenvalue weighted by Crippen LogP contribution is -2.49. The monoisotopic (exact) mass is 323 g/mol. The molecule has 7 heteroatoms. The Kier molecular flexibility index (Phi) is 5.38. The largest absolute Gasteiger partial charge is 0.550 e. The van der Waals surface area contributed by atoms with Crippen LogP contribution in [0, 0.1) is 11.8 Å². The SMILES string of the molecule is O=C(NNC(=O)C1CCCCC1C(=O)[O-])c1ccc(Cl)cc1. The molecule has 1 aromatic carbocycles. The first-order chi connectivity index (χ1) is 10.5. The zero-order chi connectivity index (χ0) is 16.1. The Morgan fingerprint density at radius 2 is 1.59 bits per heavy atom. The normalized spacial score (nSPS) is 21.0. The molecule has 0 bridgehead atoms. The average Bonchev–Trinajstić information content (AvgIpc) is 2.53. The summed E-state index contributed by atoms with van der Waals surface area (Å²) in [6, 6.07) is 6.17. The molecule has 1 aliphatic rings. The number of halogens is 1. The molecular formula is C15H16ClN2O4-. The fourth-order valence-electron chi connectivity index (χ4n) is 2.61. The Hall–Kier alpha value is -2.08. The van der Waals surface area contributed by atoms with Crippen LogP contribution in [0.1, 0.15) is 36.0 Å². The Balaban J connectivity index is 1.92. The van der Waals surface area contributed by atoms with Gasteiger partial charge in [0.25, 0.3) is 5.91 Å². The first kappa shape index (κ1) is 16.3. The number of benzene rings is 1. The van der Waals surface area contributed by atoms with Gasteiger partial charge in [-0.15, -0.1) is 0 Å². The van der Waals surface area contributed by atoms with E-state index in [1.807, 2.05) is 0 Å². The number of carbonyl (C=O) groups is 3. The van der Waals surface area contributed by atoms with Gasteiger partial charge in [0, 0.05) is 28.4 Å². The molecule has 0 heterocycles. The van der Waals surface area contributed by atoms with E-state index < -0.39 is 29.6 Å². The number of hydrogen-bond acceptors (Lipinski definition) is 4. The number of carboxylic acids is 1. The van der Waals surface area contributed by atoms with Gasteiger partial charge in [-0.2, -0.15) is 0 Å². The van der Waals surface area contributed by atoms with Crippen molar-refractivity contribution in [2.45, 2.75) is 25.7 Å². The minimum absolute atomic E-state index is 0.338. The molecule has 2 rings (SSSR count). The zero-order valence-corrected chi connectivity index (χ0v) is 12.6. The van der Waals surface area contributed by atoms with E-state index >= 15 is 0 Å². The number of carbonyl (C=O) groups excluding carboxylic acids is 3. The molecule has 0 aromatic heterocycles. The van der Waals surface area contributed by atoms with E-state index in [1.165, 1.54) is 12.1 Å². The first-order valence-corrected chi connectivity index (χ1v) is 7.43. The third-order valence-corrected chi connectivity index (χ3v) is 4.06. The van der Waals surface area contributed by atoms with E-state index in [4.69, 9.17) is 11.6 Å². The third-order valence-electron chi connectivity index (χ3n) is 3.81. The van der Waals surface area contributed by atoms with Crippen molar-refractivity contribution < 1.29 is 19.5 Å². The van der Waals surface area contributed by atoms with Gasteiger partial charge < -0.3 is 9.90 Å². The second-order valence-corrected chi connectivity index (χ2v) is 5.70. The van der Waals surface area contributed by atoms with Gasteiger partial charge in [0.1, 0.15) is 0 Å². The lowest BCUT2D eigenvalue weighted by molar-refractivity contribution is -0.314. The van der Waals surface area contributed by atoms with Crippen LogP contribution in [-0.4, -0.2) is 17.8 Å². The molecule has 6 nitrogen and oxygen atoms in total. The molecule has 0 aliphatic heterocycles. The zero-order valence-electron chi connectivity index (χ0n) is 11.8. The van der Waals surface area contributed by atoms with E-state index in [1.54, 1.807) is 12.1 Å². The predicted molar refractivity (Wildman–Crippen MR) is 77.5 cm³/mol. The van der Waals surface area contributed by atoms with E-state index in [-0.39, 0.29) is 0 Å². The third kappa shape index (κ3) is 3.98. The molecule has 2 amide bonds. The fraction of sp³-hybridized carbons (Fsp3) is 0.400. The highest BCUT2D eigenvalue weighted by atomic mass is 35.5. The molecule has 1 aliphatic carbocycles. The fourth-order valence-corrected chi connectivity index (χ4v) is 2.74. The van der Waals surface area contributed by atoms with Gasteiger partial charge in [-0.3, -0.25) is 20.4 Å². The van der Waals surface area contributed by atoms with Crippen molar-refractivity contribution in [3.05, 3.63) is 34.9 Å². The quantitative estimate of drug-likeness (QED) is 0.798. The topological polar surface area (TPSA) is 98.3 Å². The number of hydrogen-bond donors (Lipinski definition) is 2. The summed E-state index contributed by atoms with van der Waals surface area (Å²) in [7, 11) is 0. The number of carboxylic acid groups (broad SMARTS) is 1. The highest BCUT2D eigenvalue weighted by molar-refractivity contribution is 6.30. The smallest absolute Gasteiger partial charge is 0.269 e. The maximum absolute atomic E-state index is 12.1. The number of aliphatic carboxylic acids is 1. The summed E-state index contributed by atoms with van der Waals surface area (Å²) >= 11 is 5.73. The summed E-state index contributed by atoms with van der Waals surface area (Å²) in [5, 5.41) is 11.6. The van der Waals surface area contributed by atoms with Gasteiger partial charge >= 0.3 is 0 Å². The van der Waals surface area contributed by atoms with Gasteiger partial charge in [-0.25, -0.2) is 0 Å². The van der Waals surface area contributed by atoms with Crippen LogP contribution in [0.15, 0.2) is 24.3 Å². The highest BCUT2D eigenvalue weighted by Gasteiger charge is 2.31. The molecule has 1 saturated carbocycles. The standard InChI is InChI=1S/C15H17ClN2O4/c16-10-7-5-9(6-8-10)13(19)17-18-14(20)11-3-1-2-4-12(11)15(21)22/h5-8,11-12H,1-4H2,(H,17,19)(H,18,20)(H,21,22)/p-1. The minimum Gasteiger partial charge on any atom is -0.550 e. The molecule has 2 atom stereocenters. The van der Waals surface area contributed by atoms with Crippen molar-refractivity contribution in [1.82, 2.24) is 10.9 Å². The van der Waals surface area contributed by atoms with Crippen LogP contribution in [-0.2, 0) is 9.59 Å². The Morgan fingerprint density at radius 3 is 2.18 bits per heavy atom. The lowest BCUT2D eigenvalue weighted by Gasteiger charge is -2.31. The van der Waals surface area contributed by atoms with Crippen LogP contribution in [0.25, 0.3) is 0 Å². The van der Waals surface area contributed by atoms with E-state index in [2.05, 4.69) is 10.9 Å².